The molecule has 1 aliphatic rings. The first kappa shape index (κ1) is 19.8. The fourth-order valence-corrected chi connectivity index (χ4v) is 4.04. The Balaban J connectivity index is 1.37. The van der Waals surface area contributed by atoms with Gasteiger partial charge in [-0.15, -0.1) is 11.3 Å². The van der Waals surface area contributed by atoms with E-state index in [1.165, 1.54) is 22.5 Å². The summed E-state index contributed by atoms with van der Waals surface area (Å²) in [6.45, 7) is 6.52. The van der Waals surface area contributed by atoms with Crippen LogP contribution in [0.25, 0.3) is 11.3 Å². The number of amides is 1. The van der Waals surface area contributed by atoms with Gasteiger partial charge in [-0.05, 0) is 29.7 Å². The molecule has 1 amide bonds. The van der Waals surface area contributed by atoms with Gasteiger partial charge in [0.25, 0.3) is 5.91 Å². The first-order valence-corrected chi connectivity index (χ1v) is 10.8. The Bertz CT molecular complexity index is 945. The zero-order valence-electron chi connectivity index (χ0n) is 16.6. The van der Waals surface area contributed by atoms with Gasteiger partial charge in [-0.1, -0.05) is 43.3 Å². The molecule has 0 bridgehead atoms. The second-order valence-corrected chi connectivity index (χ2v) is 7.99. The van der Waals surface area contributed by atoms with Gasteiger partial charge in [0.05, 0.1) is 18.9 Å². The Labute approximate surface area is 175 Å². The second-order valence-electron chi connectivity index (χ2n) is 7.13. The monoisotopic (exact) mass is 407 g/mol. The van der Waals surface area contributed by atoms with Crippen LogP contribution in [-0.4, -0.2) is 42.1 Å². The standard InChI is InChI=1S/C23H25N3O2S/c1-2-17-3-7-19(8-4-17)21-16-29-23(24-21)25-22(27)20-9-5-18(6-10-20)15-26-11-13-28-14-12-26/h3-10,16H,2,11-15H2,1H3,(H,24,25,27). The summed E-state index contributed by atoms with van der Waals surface area (Å²) >= 11 is 1.44. The van der Waals surface area contributed by atoms with Gasteiger partial charge in [-0.3, -0.25) is 15.0 Å². The summed E-state index contributed by atoms with van der Waals surface area (Å²) < 4.78 is 5.39. The highest BCUT2D eigenvalue weighted by molar-refractivity contribution is 7.14. The van der Waals surface area contributed by atoms with Gasteiger partial charge < -0.3 is 4.74 Å². The molecule has 150 valence electrons. The smallest absolute Gasteiger partial charge is 0.257 e. The number of ether oxygens (including phenoxy) is 1. The number of hydrogen-bond donors (Lipinski definition) is 1. The van der Waals surface area contributed by atoms with Gasteiger partial charge in [0.1, 0.15) is 0 Å². The molecule has 1 N–H and O–H groups in total. The number of morpholine rings is 1. The van der Waals surface area contributed by atoms with Crippen LogP contribution in [-0.2, 0) is 17.7 Å². The molecule has 0 radical (unpaired) electrons. The topological polar surface area (TPSA) is 54.5 Å². The number of carbonyl (C=O) groups excluding carboxylic acids is 1. The number of nitrogens with one attached hydrogen (secondary N) is 1. The van der Waals surface area contributed by atoms with Gasteiger partial charge >= 0.3 is 0 Å². The number of rotatable bonds is 6. The predicted octanol–water partition coefficient (Wildman–Crippen LogP) is 4.46. The van der Waals surface area contributed by atoms with E-state index in [0.29, 0.717) is 10.7 Å². The lowest BCUT2D eigenvalue weighted by Gasteiger charge is -2.26. The summed E-state index contributed by atoms with van der Waals surface area (Å²) in [5, 5.41) is 5.50. The average molecular weight is 408 g/mol. The highest BCUT2D eigenvalue weighted by Gasteiger charge is 2.13. The molecule has 6 heteroatoms. The van der Waals surface area contributed by atoms with Crippen LogP contribution in [0.3, 0.4) is 0 Å². The Morgan fingerprint density at radius 3 is 2.45 bits per heavy atom. The molecule has 0 spiro atoms. The molecule has 29 heavy (non-hydrogen) atoms. The minimum atomic E-state index is -0.134. The van der Waals surface area contributed by atoms with Crippen LogP contribution in [0.2, 0.25) is 0 Å². The number of benzene rings is 2. The summed E-state index contributed by atoms with van der Waals surface area (Å²) in [5.41, 5.74) is 5.09. The van der Waals surface area contributed by atoms with E-state index in [-0.39, 0.29) is 5.91 Å². The van der Waals surface area contributed by atoms with E-state index >= 15 is 0 Å². The lowest BCUT2D eigenvalue weighted by molar-refractivity contribution is 0.0342. The van der Waals surface area contributed by atoms with Gasteiger partial charge in [-0.25, -0.2) is 4.98 Å². The fraction of sp³-hybridized carbons (Fsp3) is 0.304. The Morgan fingerprint density at radius 1 is 1.07 bits per heavy atom. The molecule has 0 aliphatic carbocycles. The van der Waals surface area contributed by atoms with E-state index < -0.39 is 0 Å². The van der Waals surface area contributed by atoms with Crippen LogP contribution >= 0.6 is 11.3 Å². The number of anilines is 1. The van der Waals surface area contributed by atoms with Crippen molar-refractivity contribution in [3.63, 3.8) is 0 Å². The third-order valence-corrected chi connectivity index (χ3v) is 5.87. The molecule has 2 heterocycles. The minimum Gasteiger partial charge on any atom is -0.379 e. The third-order valence-electron chi connectivity index (χ3n) is 5.11. The van der Waals surface area contributed by atoms with Crippen molar-refractivity contribution in [2.45, 2.75) is 19.9 Å². The summed E-state index contributed by atoms with van der Waals surface area (Å²) in [4.78, 5) is 19.5. The van der Waals surface area contributed by atoms with Crippen LogP contribution in [0.1, 0.15) is 28.4 Å². The van der Waals surface area contributed by atoms with Crippen molar-refractivity contribution in [2.24, 2.45) is 0 Å². The van der Waals surface area contributed by atoms with E-state index in [9.17, 15) is 4.79 Å². The van der Waals surface area contributed by atoms with Crippen LogP contribution in [0.4, 0.5) is 5.13 Å². The van der Waals surface area contributed by atoms with Crippen LogP contribution in [0.5, 0.6) is 0 Å². The normalized spacial score (nSPS) is 14.7. The largest absolute Gasteiger partial charge is 0.379 e. The van der Waals surface area contributed by atoms with E-state index in [4.69, 9.17) is 4.74 Å². The molecule has 1 aromatic heterocycles. The highest BCUT2D eigenvalue weighted by Crippen LogP contribution is 2.25. The van der Waals surface area contributed by atoms with Crippen molar-refractivity contribution in [2.75, 3.05) is 31.6 Å². The van der Waals surface area contributed by atoms with Crippen LogP contribution < -0.4 is 5.32 Å². The van der Waals surface area contributed by atoms with Crippen molar-refractivity contribution < 1.29 is 9.53 Å². The maximum Gasteiger partial charge on any atom is 0.257 e. The zero-order chi connectivity index (χ0) is 20.1. The summed E-state index contributed by atoms with van der Waals surface area (Å²) in [6, 6.07) is 16.2. The molecule has 1 fully saturated rings. The number of aryl methyl sites for hydroxylation is 1. The van der Waals surface area contributed by atoms with Gasteiger partial charge in [0, 0.05) is 36.1 Å². The van der Waals surface area contributed by atoms with E-state index in [1.807, 2.05) is 29.6 Å². The van der Waals surface area contributed by atoms with Crippen molar-refractivity contribution in [3.05, 3.63) is 70.6 Å². The molecule has 0 unspecified atom stereocenters. The SMILES string of the molecule is CCc1ccc(-c2csc(NC(=O)c3ccc(CN4CCOCC4)cc3)n2)cc1. The molecular weight excluding hydrogens is 382 g/mol. The fourth-order valence-electron chi connectivity index (χ4n) is 3.32. The number of carbonyl (C=O) groups is 1. The first-order chi connectivity index (χ1) is 14.2. The molecule has 0 saturated carbocycles. The molecule has 4 rings (SSSR count). The molecule has 3 aromatic rings. The minimum absolute atomic E-state index is 0.134. The number of aromatic nitrogens is 1. The maximum absolute atomic E-state index is 12.6. The zero-order valence-corrected chi connectivity index (χ0v) is 17.4. The summed E-state index contributed by atoms with van der Waals surface area (Å²) in [6.07, 6.45) is 1.02. The molecule has 0 atom stereocenters. The number of hydrogen-bond acceptors (Lipinski definition) is 5. The lowest BCUT2D eigenvalue weighted by atomic mass is 10.1. The predicted molar refractivity (Wildman–Crippen MR) is 117 cm³/mol. The third kappa shape index (κ3) is 5.09. The van der Waals surface area contributed by atoms with Crippen LogP contribution in [0.15, 0.2) is 53.9 Å². The summed E-state index contributed by atoms with van der Waals surface area (Å²) in [5.74, 6) is -0.134. The Kier molecular flexibility index (Phi) is 6.34. The Hall–Kier alpha value is -2.54. The summed E-state index contributed by atoms with van der Waals surface area (Å²) in [7, 11) is 0. The maximum atomic E-state index is 12.6. The average Bonchev–Trinajstić information content (AvgIpc) is 3.23. The van der Waals surface area contributed by atoms with Crippen molar-refractivity contribution >= 4 is 22.4 Å². The van der Waals surface area contributed by atoms with E-state index in [2.05, 4.69) is 46.4 Å². The molecule has 1 saturated heterocycles. The number of thiazole rings is 1. The van der Waals surface area contributed by atoms with E-state index in [1.54, 1.807) is 0 Å². The van der Waals surface area contributed by atoms with Crippen molar-refractivity contribution in [1.29, 1.82) is 0 Å². The number of nitrogens with zero attached hydrogens (tertiary/aromatic N) is 2. The quantitative estimate of drug-likeness (QED) is 0.656. The molecular formula is C23H25N3O2S. The van der Waals surface area contributed by atoms with Gasteiger partial charge in [0.15, 0.2) is 5.13 Å². The lowest BCUT2D eigenvalue weighted by Crippen LogP contribution is -2.35. The van der Waals surface area contributed by atoms with Gasteiger partial charge in [-0.2, -0.15) is 0 Å². The first-order valence-electron chi connectivity index (χ1n) is 9.96. The molecule has 5 nitrogen and oxygen atoms in total. The molecule has 1 aliphatic heterocycles. The van der Waals surface area contributed by atoms with Gasteiger partial charge in [0.2, 0.25) is 0 Å². The van der Waals surface area contributed by atoms with Crippen molar-refractivity contribution in [1.82, 2.24) is 9.88 Å². The Morgan fingerprint density at radius 2 is 1.76 bits per heavy atom. The highest BCUT2D eigenvalue weighted by atomic mass is 32.1. The van der Waals surface area contributed by atoms with Crippen LogP contribution in [0, 0.1) is 0 Å². The molecule has 2 aromatic carbocycles. The van der Waals surface area contributed by atoms with Crippen molar-refractivity contribution in [3.8, 4) is 11.3 Å². The van der Waals surface area contributed by atoms with E-state index in [0.717, 1.165) is 50.5 Å². The second kappa shape index (κ2) is 9.31.